The Hall–Kier alpha value is -3.13. The molecule has 1 atom stereocenters. The van der Waals surface area contributed by atoms with E-state index in [0.717, 1.165) is 43.7 Å². The largest absolute Gasteiger partial charge is 0.324 e. The van der Waals surface area contributed by atoms with E-state index in [2.05, 4.69) is 22.0 Å². The minimum atomic E-state index is -0.0579. The summed E-state index contributed by atoms with van der Waals surface area (Å²) in [6.07, 6.45) is 2.55. The fourth-order valence-corrected chi connectivity index (χ4v) is 4.68. The van der Waals surface area contributed by atoms with Gasteiger partial charge in [-0.05, 0) is 48.9 Å². The van der Waals surface area contributed by atoms with Crippen molar-refractivity contribution < 1.29 is 14.0 Å². The van der Waals surface area contributed by atoms with Crippen LogP contribution < -0.4 is 4.89 Å². The molecular weight excluding hydrogens is 422 g/mol. The van der Waals surface area contributed by atoms with Gasteiger partial charge < -0.3 is 4.89 Å². The van der Waals surface area contributed by atoms with Crippen LogP contribution in [0.3, 0.4) is 0 Å². The number of benzene rings is 2. The van der Waals surface area contributed by atoms with Crippen molar-refractivity contribution in [2.24, 2.45) is 5.92 Å². The van der Waals surface area contributed by atoms with E-state index in [4.69, 9.17) is 9.22 Å². The van der Waals surface area contributed by atoms with Gasteiger partial charge >= 0.3 is 0 Å². The average Bonchev–Trinajstić information content (AvgIpc) is 3.45. The number of carbonyl (C=O) groups excluding carboxylic acids is 1. The zero-order chi connectivity index (χ0) is 21.8. The third-order valence-corrected chi connectivity index (χ3v) is 6.29. The first-order chi connectivity index (χ1) is 15.8. The van der Waals surface area contributed by atoms with Gasteiger partial charge in [0.25, 0.3) is 0 Å². The van der Waals surface area contributed by atoms with Gasteiger partial charge in [0.1, 0.15) is 5.69 Å². The number of para-hydroxylation sites is 1. The molecule has 0 bridgehead atoms. The first-order valence-corrected chi connectivity index (χ1v) is 11.3. The number of nitrogens with zero attached hydrogens (tertiary/aromatic N) is 3. The minimum absolute atomic E-state index is 0.0579. The van der Waals surface area contributed by atoms with Gasteiger partial charge in [-0.3, -0.25) is 9.69 Å². The molecule has 0 radical (unpaired) electrons. The first-order valence-electron chi connectivity index (χ1n) is 10.6. The number of pyridine rings is 1. The van der Waals surface area contributed by atoms with Crippen LogP contribution in [-0.2, 0) is 10.9 Å². The quantitative estimate of drug-likeness (QED) is 0.162. The smallest absolute Gasteiger partial charge is 0.184 e. The zero-order valence-electron chi connectivity index (χ0n) is 17.5. The van der Waals surface area contributed by atoms with Gasteiger partial charge in [-0.1, -0.05) is 52.9 Å². The van der Waals surface area contributed by atoms with Crippen molar-refractivity contribution >= 4 is 29.0 Å². The highest BCUT2D eigenvalue weighted by molar-refractivity contribution is 7.93. The Morgan fingerprint density at radius 3 is 2.62 bits per heavy atom. The maximum Gasteiger partial charge on any atom is 0.184 e. The summed E-state index contributed by atoms with van der Waals surface area (Å²) in [5.41, 5.74) is 2.52. The summed E-state index contributed by atoms with van der Waals surface area (Å²) < 4.78 is 7.13. The SMILES string of the molecule is O=C(c1cc2cccnc2n1SOOc1ccccc1)C1CCN(Cc2ccccc2)C1. The van der Waals surface area contributed by atoms with Crippen molar-refractivity contribution in [3.63, 3.8) is 0 Å². The second-order valence-electron chi connectivity index (χ2n) is 7.85. The van der Waals surface area contributed by atoms with Crippen LogP contribution in [0.1, 0.15) is 22.5 Å². The van der Waals surface area contributed by atoms with E-state index in [1.54, 1.807) is 22.3 Å². The van der Waals surface area contributed by atoms with Gasteiger partial charge in [0.05, 0.1) is 0 Å². The van der Waals surface area contributed by atoms with E-state index in [0.29, 0.717) is 17.1 Å². The number of ketones is 1. The van der Waals surface area contributed by atoms with Crippen LogP contribution in [0.4, 0.5) is 0 Å². The molecule has 1 aliphatic heterocycles. The molecule has 2 aromatic heterocycles. The first kappa shape index (κ1) is 20.8. The summed E-state index contributed by atoms with van der Waals surface area (Å²) in [6, 6.07) is 25.3. The average molecular weight is 446 g/mol. The third-order valence-electron chi connectivity index (χ3n) is 5.64. The van der Waals surface area contributed by atoms with Gasteiger partial charge in [0, 0.05) is 30.6 Å². The molecule has 1 saturated heterocycles. The van der Waals surface area contributed by atoms with Gasteiger partial charge in [-0.15, -0.1) is 0 Å². The summed E-state index contributed by atoms with van der Waals surface area (Å²) in [5, 5.41) is 0.894. The molecule has 1 unspecified atom stereocenters. The Balaban J connectivity index is 1.31. The molecule has 1 aliphatic rings. The lowest BCUT2D eigenvalue weighted by molar-refractivity contribution is -0.0786. The molecule has 6 nitrogen and oxygen atoms in total. The van der Waals surface area contributed by atoms with Crippen LogP contribution in [0.2, 0.25) is 0 Å². The monoisotopic (exact) mass is 445 g/mol. The van der Waals surface area contributed by atoms with Crippen molar-refractivity contribution in [2.45, 2.75) is 13.0 Å². The van der Waals surface area contributed by atoms with Crippen molar-refractivity contribution in [1.82, 2.24) is 13.9 Å². The van der Waals surface area contributed by atoms with Crippen LogP contribution in [0.25, 0.3) is 11.0 Å². The van der Waals surface area contributed by atoms with Crippen LogP contribution in [0.5, 0.6) is 5.75 Å². The molecule has 1 fully saturated rings. The van der Waals surface area contributed by atoms with E-state index in [1.807, 2.05) is 54.6 Å². The lowest BCUT2D eigenvalue weighted by Gasteiger charge is -2.16. The molecule has 32 heavy (non-hydrogen) atoms. The molecule has 2 aromatic carbocycles. The van der Waals surface area contributed by atoms with E-state index in [-0.39, 0.29) is 11.7 Å². The van der Waals surface area contributed by atoms with Gasteiger partial charge in [0.2, 0.25) is 0 Å². The summed E-state index contributed by atoms with van der Waals surface area (Å²) >= 11 is 0.966. The molecule has 0 saturated carbocycles. The highest BCUT2D eigenvalue weighted by atomic mass is 32.2. The Bertz CT molecular complexity index is 1200. The predicted octanol–water partition coefficient (Wildman–Crippen LogP) is 5.16. The number of carbonyl (C=O) groups is 1. The van der Waals surface area contributed by atoms with Crippen LogP contribution >= 0.6 is 12.2 Å². The number of fused-ring (bicyclic) bond motifs is 1. The van der Waals surface area contributed by atoms with Crippen molar-refractivity contribution in [2.75, 3.05) is 13.1 Å². The Morgan fingerprint density at radius 1 is 1.03 bits per heavy atom. The topological polar surface area (TPSA) is 56.6 Å². The van der Waals surface area contributed by atoms with Gasteiger partial charge in [-0.25, -0.2) is 8.96 Å². The third kappa shape index (κ3) is 4.55. The van der Waals surface area contributed by atoms with Gasteiger partial charge in [0.15, 0.2) is 29.4 Å². The Kier molecular flexibility index (Phi) is 6.20. The molecule has 0 spiro atoms. The highest BCUT2D eigenvalue weighted by Gasteiger charge is 2.31. The number of hydrogen-bond acceptors (Lipinski definition) is 6. The van der Waals surface area contributed by atoms with E-state index in [9.17, 15) is 4.79 Å². The van der Waals surface area contributed by atoms with E-state index >= 15 is 0 Å². The van der Waals surface area contributed by atoms with Crippen LogP contribution in [-0.4, -0.2) is 32.7 Å². The lowest BCUT2D eigenvalue weighted by Crippen LogP contribution is -2.24. The lowest BCUT2D eigenvalue weighted by atomic mass is 10.0. The molecule has 3 heterocycles. The molecule has 162 valence electrons. The summed E-state index contributed by atoms with van der Waals surface area (Å²) in [4.78, 5) is 25.6. The summed E-state index contributed by atoms with van der Waals surface area (Å²) in [7, 11) is 0. The Morgan fingerprint density at radius 2 is 1.81 bits per heavy atom. The van der Waals surface area contributed by atoms with Crippen LogP contribution in [0, 0.1) is 5.92 Å². The van der Waals surface area contributed by atoms with E-state index < -0.39 is 0 Å². The molecule has 0 amide bonds. The molecular formula is C25H23N3O3S. The second kappa shape index (κ2) is 9.56. The number of likely N-dealkylation sites (tertiary alicyclic amines) is 1. The molecule has 4 aromatic rings. The predicted molar refractivity (Wildman–Crippen MR) is 125 cm³/mol. The molecule has 0 N–H and O–H groups in total. The summed E-state index contributed by atoms with van der Waals surface area (Å²) in [6.45, 7) is 2.51. The fourth-order valence-electron chi connectivity index (χ4n) is 4.06. The molecule has 7 heteroatoms. The van der Waals surface area contributed by atoms with Crippen LogP contribution in [0.15, 0.2) is 85.1 Å². The summed E-state index contributed by atoms with van der Waals surface area (Å²) in [5.74, 6) is 0.636. The van der Waals surface area contributed by atoms with Crippen molar-refractivity contribution in [3.05, 3.63) is 96.3 Å². The normalized spacial score (nSPS) is 16.4. The minimum Gasteiger partial charge on any atom is -0.324 e. The zero-order valence-corrected chi connectivity index (χ0v) is 18.3. The fraction of sp³-hybridized carbons (Fsp3) is 0.200. The van der Waals surface area contributed by atoms with Crippen molar-refractivity contribution in [3.8, 4) is 5.75 Å². The Labute approximate surface area is 191 Å². The van der Waals surface area contributed by atoms with E-state index in [1.165, 1.54) is 5.56 Å². The maximum absolute atomic E-state index is 13.5. The standard InChI is InChI=1S/C25H23N3O3S/c29-24(21-13-15-27(18-21)17-19-8-3-1-4-9-19)23-16-20-10-7-14-26-25(20)28(23)32-31-30-22-11-5-2-6-12-22/h1-12,14,16,21H,13,15,17-18H2. The number of rotatable bonds is 8. The maximum atomic E-state index is 13.5. The highest BCUT2D eigenvalue weighted by Crippen LogP contribution is 2.29. The molecule has 5 rings (SSSR count). The number of Topliss-reactive ketones (excluding diaryl/α,β-unsaturated/α-hetero) is 1. The number of aromatic nitrogens is 2. The molecule has 0 aliphatic carbocycles. The van der Waals surface area contributed by atoms with Crippen molar-refractivity contribution in [1.29, 1.82) is 0 Å². The number of hydrogen-bond donors (Lipinski definition) is 0. The van der Waals surface area contributed by atoms with Gasteiger partial charge in [-0.2, -0.15) is 0 Å². The second-order valence-corrected chi connectivity index (χ2v) is 8.50.